The molecule has 4 nitrogen and oxygen atoms in total. The summed E-state index contributed by atoms with van der Waals surface area (Å²) in [6, 6.07) is 0. The predicted octanol–water partition coefficient (Wildman–Crippen LogP) is -0.0234. The molecule has 0 aromatic carbocycles. The third-order valence-corrected chi connectivity index (χ3v) is 1.19. The number of aromatic nitrogens is 2. The number of carbonyl (C=O) groups is 2. The van der Waals surface area contributed by atoms with Gasteiger partial charge in [-0.3, -0.25) is 0 Å². The molecule has 0 atom stereocenters. The molecule has 4 heteroatoms. The number of hydrogen-bond donors (Lipinski definition) is 0. The van der Waals surface area contributed by atoms with Gasteiger partial charge >= 0.3 is 0 Å². The molecule has 0 aliphatic rings. The molecule has 0 saturated carbocycles. The Morgan fingerprint density at radius 3 is 2.73 bits per heavy atom. The molecule has 11 heavy (non-hydrogen) atoms. The van der Waals surface area contributed by atoms with E-state index in [0.717, 1.165) is 12.1 Å². The lowest BCUT2D eigenvalue weighted by atomic mass is 10.4. The van der Waals surface area contributed by atoms with Crippen LogP contribution in [0.2, 0.25) is 0 Å². The van der Waals surface area contributed by atoms with Crippen LogP contribution < -0.4 is 0 Å². The molecule has 0 aliphatic carbocycles. The average Bonchev–Trinajstić information content (AvgIpc) is 2.42. The molecule has 0 radical (unpaired) electrons. The molecule has 1 heterocycles. The van der Waals surface area contributed by atoms with Crippen molar-refractivity contribution in [2.45, 2.75) is 6.42 Å². The van der Waals surface area contributed by atoms with Crippen LogP contribution in [0.25, 0.3) is 0 Å². The quantitative estimate of drug-likeness (QED) is 0.562. The Balaban J connectivity index is 0.000000461. The molecule has 0 bridgehead atoms. The highest BCUT2D eigenvalue weighted by atomic mass is 16.1. The maximum atomic E-state index is 9.97. The van der Waals surface area contributed by atoms with Crippen molar-refractivity contribution in [1.29, 1.82) is 0 Å². The van der Waals surface area contributed by atoms with Crippen LogP contribution in [0.15, 0.2) is 12.4 Å². The lowest BCUT2D eigenvalue weighted by Gasteiger charge is -1.92. The third-order valence-electron chi connectivity index (χ3n) is 1.19. The van der Waals surface area contributed by atoms with Crippen LogP contribution in [0.1, 0.15) is 5.82 Å². The SMILES string of the molecule is C=O.Cn1ccnc1CC=O. The van der Waals surface area contributed by atoms with Gasteiger partial charge in [0.1, 0.15) is 18.9 Å². The summed E-state index contributed by atoms with van der Waals surface area (Å²) >= 11 is 0. The van der Waals surface area contributed by atoms with E-state index in [1.165, 1.54) is 0 Å². The monoisotopic (exact) mass is 154 g/mol. The summed E-state index contributed by atoms with van der Waals surface area (Å²) in [5, 5.41) is 0. The van der Waals surface area contributed by atoms with Crippen LogP contribution in [-0.4, -0.2) is 22.6 Å². The zero-order chi connectivity index (χ0) is 8.69. The van der Waals surface area contributed by atoms with Gasteiger partial charge in [0.15, 0.2) is 0 Å². The smallest absolute Gasteiger partial charge is 0.127 e. The van der Waals surface area contributed by atoms with E-state index >= 15 is 0 Å². The fourth-order valence-corrected chi connectivity index (χ4v) is 0.668. The number of nitrogens with zero attached hydrogens (tertiary/aromatic N) is 2. The number of aldehydes is 1. The van der Waals surface area contributed by atoms with E-state index in [1.807, 2.05) is 24.6 Å². The number of imidazole rings is 1. The van der Waals surface area contributed by atoms with Gasteiger partial charge in [0.25, 0.3) is 0 Å². The fraction of sp³-hybridized carbons (Fsp3) is 0.286. The number of carbonyl (C=O) groups excluding carboxylic acids is 2. The number of rotatable bonds is 2. The first kappa shape index (κ1) is 9.55. The van der Waals surface area contributed by atoms with Crippen LogP contribution in [0.5, 0.6) is 0 Å². The standard InChI is InChI=1S/C6H8N2O.CH2O/c1-8-4-3-7-6(8)2-5-9;1-2/h3-5H,2H2,1H3;1H2. The van der Waals surface area contributed by atoms with Gasteiger partial charge in [0, 0.05) is 19.4 Å². The molecule has 0 aliphatic heterocycles. The van der Waals surface area contributed by atoms with E-state index < -0.39 is 0 Å². The van der Waals surface area contributed by atoms with Crippen molar-refractivity contribution in [2.24, 2.45) is 7.05 Å². The molecule has 1 aromatic rings. The highest BCUT2D eigenvalue weighted by molar-refractivity contribution is 5.52. The van der Waals surface area contributed by atoms with Gasteiger partial charge in [0.05, 0.1) is 6.42 Å². The molecule has 60 valence electrons. The second kappa shape index (κ2) is 5.34. The van der Waals surface area contributed by atoms with E-state index in [0.29, 0.717) is 6.42 Å². The molecule has 0 saturated heterocycles. The van der Waals surface area contributed by atoms with Crippen molar-refractivity contribution < 1.29 is 9.59 Å². The highest BCUT2D eigenvalue weighted by Crippen LogP contribution is 1.91. The molecular formula is C7H10N2O2. The van der Waals surface area contributed by atoms with Crippen LogP contribution in [0, 0.1) is 0 Å². The van der Waals surface area contributed by atoms with E-state index in [9.17, 15) is 4.79 Å². The summed E-state index contributed by atoms with van der Waals surface area (Å²) in [5.41, 5.74) is 0. The number of hydrogen-bond acceptors (Lipinski definition) is 3. The Labute approximate surface area is 64.9 Å². The zero-order valence-electron chi connectivity index (χ0n) is 6.36. The number of aryl methyl sites for hydroxylation is 1. The van der Waals surface area contributed by atoms with Gasteiger partial charge < -0.3 is 14.2 Å². The second-order valence-electron chi connectivity index (χ2n) is 1.83. The van der Waals surface area contributed by atoms with Crippen molar-refractivity contribution >= 4 is 13.1 Å². The summed E-state index contributed by atoms with van der Waals surface area (Å²) in [7, 11) is 1.87. The van der Waals surface area contributed by atoms with Crippen LogP contribution >= 0.6 is 0 Å². The van der Waals surface area contributed by atoms with Crippen molar-refractivity contribution in [3.8, 4) is 0 Å². The molecule has 0 fully saturated rings. The molecule has 0 amide bonds. The molecule has 1 rings (SSSR count). The van der Waals surface area contributed by atoms with Gasteiger partial charge in [0.2, 0.25) is 0 Å². The van der Waals surface area contributed by atoms with Crippen molar-refractivity contribution in [3.05, 3.63) is 18.2 Å². The van der Waals surface area contributed by atoms with E-state index in [-0.39, 0.29) is 0 Å². The van der Waals surface area contributed by atoms with Crippen LogP contribution in [0.3, 0.4) is 0 Å². The summed E-state index contributed by atoms with van der Waals surface area (Å²) < 4.78 is 1.83. The maximum absolute atomic E-state index is 9.97. The summed E-state index contributed by atoms with van der Waals surface area (Å²) in [4.78, 5) is 21.9. The minimum Gasteiger partial charge on any atom is -0.338 e. The molecule has 0 unspecified atom stereocenters. The van der Waals surface area contributed by atoms with Crippen molar-refractivity contribution in [3.63, 3.8) is 0 Å². The highest BCUT2D eigenvalue weighted by Gasteiger charge is 1.94. The first-order chi connectivity index (χ1) is 5.34. The zero-order valence-corrected chi connectivity index (χ0v) is 6.36. The van der Waals surface area contributed by atoms with E-state index in [4.69, 9.17) is 4.79 Å². The largest absolute Gasteiger partial charge is 0.338 e. The Bertz CT molecular complexity index is 220. The minimum atomic E-state index is 0.406. The molecule has 0 spiro atoms. The average molecular weight is 154 g/mol. The molecular weight excluding hydrogens is 144 g/mol. The Morgan fingerprint density at radius 1 is 1.73 bits per heavy atom. The maximum Gasteiger partial charge on any atom is 0.127 e. The van der Waals surface area contributed by atoms with Crippen LogP contribution in [-0.2, 0) is 23.1 Å². The molecule has 0 N–H and O–H groups in total. The van der Waals surface area contributed by atoms with Crippen molar-refractivity contribution in [2.75, 3.05) is 0 Å². The van der Waals surface area contributed by atoms with Crippen LogP contribution in [0.4, 0.5) is 0 Å². The lowest BCUT2D eigenvalue weighted by Crippen LogP contribution is -1.96. The fourth-order valence-electron chi connectivity index (χ4n) is 0.668. The summed E-state index contributed by atoms with van der Waals surface area (Å²) in [6.07, 6.45) is 4.75. The van der Waals surface area contributed by atoms with Gasteiger partial charge in [-0.1, -0.05) is 0 Å². The van der Waals surface area contributed by atoms with Crippen molar-refractivity contribution in [1.82, 2.24) is 9.55 Å². The topological polar surface area (TPSA) is 52.0 Å². The Hall–Kier alpha value is -1.45. The second-order valence-corrected chi connectivity index (χ2v) is 1.83. The summed E-state index contributed by atoms with van der Waals surface area (Å²) in [6.45, 7) is 2.00. The predicted molar refractivity (Wildman–Crippen MR) is 40.1 cm³/mol. The van der Waals surface area contributed by atoms with Gasteiger partial charge in [-0.25, -0.2) is 4.98 Å². The first-order valence-electron chi connectivity index (χ1n) is 3.03. The first-order valence-corrected chi connectivity index (χ1v) is 3.03. The van der Waals surface area contributed by atoms with Gasteiger partial charge in [-0.15, -0.1) is 0 Å². The minimum absolute atomic E-state index is 0.406. The Kier molecular flexibility index (Phi) is 4.64. The van der Waals surface area contributed by atoms with Gasteiger partial charge in [-0.05, 0) is 0 Å². The van der Waals surface area contributed by atoms with E-state index in [1.54, 1.807) is 6.20 Å². The summed E-state index contributed by atoms with van der Waals surface area (Å²) in [5.74, 6) is 0.810. The third kappa shape index (κ3) is 2.75. The van der Waals surface area contributed by atoms with E-state index in [2.05, 4.69) is 4.98 Å². The Morgan fingerprint density at radius 2 is 2.36 bits per heavy atom. The lowest BCUT2D eigenvalue weighted by molar-refractivity contribution is -0.107. The normalized spacial score (nSPS) is 8.09. The molecule has 1 aromatic heterocycles. The van der Waals surface area contributed by atoms with Gasteiger partial charge in [-0.2, -0.15) is 0 Å².